The van der Waals surface area contributed by atoms with Gasteiger partial charge in [-0.15, -0.1) is 0 Å². The van der Waals surface area contributed by atoms with Gasteiger partial charge in [0.25, 0.3) is 5.91 Å². The molecule has 0 aliphatic heterocycles. The van der Waals surface area contributed by atoms with Crippen molar-refractivity contribution in [3.05, 3.63) is 59.7 Å². The van der Waals surface area contributed by atoms with Crippen molar-refractivity contribution in [3.8, 4) is 0 Å². The molecule has 2 aromatic rings. The van der Waals surface area contributed by atoms with Gasteiger partial charge in [0, 0.05) is 17.5 Å². The number of sulfone groups is 1. The van der Waals surface area contributed by atoms with Crippen LogP contribution in [0, 0.1) is 0 Å². The molecule has 6 nitrogen and oxygen atoms in total. The molecule has 0 heterocycles. The van der Waals surface area contributed by atoms with Gasteiger partial charge in [0.1, 0.15) is 6.04 Å². The molecule has 2 amide bonds. The molecule has 0 saturated heterocycles. The third-order valence-corrected chi connectivity index (χ3v) is 5.39. The number of anilines is 1. The maximum Gasteiger partial charge on any atom is 0.251 e. The highest BCUT2D eigenvalue weighted by molar-refractivity contribution is 7.90. The molecule has 28 heavy (non-hydrogen) atoms. The second-order valence-corrected chi connectivity index (χ2v) is 9.83. The van der Waals surface area contributed by atoms with Gasteiger partial charge in [-0.1, -0.05) is 39.0 Å². The molecule has 2 aromatic carbocycles. The highest BCUT2D eigenvalue weighted by Gasteiger charge is 2.19. The van der Waals surface area contributed by atoms with E-state index in [2.05, 4.69) is 31.4 Å². The predicted octanol–water partition coefficient (Wildman–Crippen LogP) is 3.14. The number of carbonyl (C=O) groups is 2. The average molecular weight is 403 g/mol. The van der Waals surface area contributed by atoms with Gasteiger partial charge in [-0.25, -0.2) is 8.42 Å². The second-order valence-electron chi connectivity index (χ2n) is 7.81. The fourth-order valence-corrected chi connectivity index (χ4v) is 3.19. The van der Waals surface area contributed by atoms with E-state index in [1.807, 2.05) is 12.1 Å². The maximum atomic E-state index is 12.4. The zero-order valence-corrected chi connectivity index (χ0v) is 17.6. The Morgan fingerprint density at radius 1 is 1.00 bits per heavy atom. The molecule has 0 fully saturated rings. The molecule has 0 spiro atoms. The molecule has 0 radical (unpaired) electrons. The van der Waals surface area contributed by atoms with Gasteiger partial charge in [-0.3, -0.25) is 9.59 Å². The zero-order valence-electron chi connectivity index (χ0n) is 16.7. The number of nitrogens with one attached hydrogen (secondary N) is 2. The number of rotatable bonds is 5. The van der Waals surface area contributed by atoms with Gasteiger partial charge >= 0.3 is 0 Å². The van der Waals surface area contributed by atoms with Crippen molar-refractivity contribution < 1.29 is 18.0 Å². The van der Waals surface area contributed by atoms with Crippen LogP contribution < -0.4 is 10.6 Å². The van der Waals surface area contributed by atoms with E-state index < -0.39 is 21.8 Å². The first kappa shape index (κ1) is 21.6. The fraction of sp³-hybridized carbons (Fsp3) is 0.333. The van der Waals surface area contributed by atoms with Crippen molar-refractivity contribution in [3.63, 3.8) is 0 Å². The number of carbonyl (C=O) groups excluding carboxylic acids is 2. The highest BCUT2D eigenvalue weighted by Crippen LogP contribution is 2.22. The molecule has 0 aromatic heterocycles. The number of hydrogen-bond acceptors (Lipinski definition) is 4. The van der Waals surface area contributed by atoms with Gasteiger partial charge < -0.3 is 10.6 Å². The monoisotopic (exact) mass is 402 g/mol. The van der Waals surface area contributed by atoms with Crippen LogP contribution in [0.1, 0.15) is 43.6 Å². The molecule has 7 heteroatoms. The Bertz CT molecular complexity index is 974. The predicted molar refractivity (Wildman–Crippen MR) is 110 cm³/mol. The average Bonchev–Trinajstić information content (AvgIpc) is 2.60. The highest BCUT2D eigenvalue weighted by atomic mass is 32.2. The quantitative estimate of drug-likeness (QED) is 0.804. The lowest BCUT2D eigenvalue weighted by Gasteiger charge is -2.19. The van der Waals surface area contributed by atoms with Crippen molar-refractivity contribution in [2.45, 2.75) is 44.0 Å². The molecule has 150 valence electrons. The minimum absolute atomic E-state index is 0.0112. The van der Waals surface area contributed by atoms with Crippen LogP contribution in [0.4, 0.5) is 5.69 Å². The van der Waals surface area contributed by atoms with E-state index in [0.717, 1.165) is 11.8 Å². The Morgan fingerprint density at radius 3 is 2.14 bits per heavy atom. The van der Waals surface area contributed by atoms with Gasteiger partial charge in [0.05, 0.1) is 4.90 Å². The lowest BCUT2D eigenvalue weighted by molar-refractivity contribution is -0.117. The summed E-state index contributed by atoms with van der Waals surface area (Å²) in [6.45, 7) is 7.84. The van der Waals surface area contributed by atoms with Gasteiger partial charge in [-0.05, 0) is 48.2 Å². The van der Waals surface area contributed by atoms with E-state index >= 15 is 0 Å². The molecule has 1 atom stereocenters. The first-order valence-corrected chi connectivity index (χ1v) is 10.8. The summed E-state index contributed by atoms with van der Waals surface area (Å²) in [6.07, 6.45) is 1.10. The summed E-state index contributed by atoms with van der Waals surface area (Å²) in [5.41, 5.74) is 1.92. The van der Waals surface area contributed by atoms with Crippen molar-refractivity contribution in [2.75, 3.05) is 11.6 Å². The minimum Gasteiger partial charge on any atom is -0.341 e. The van der Waals surface area contributed by atoms with Crippen LogP contribution in [0.25, 0.3) is 0 Å². The van der Waals surface area contributed by atoms with E-state index in [-0.39, 0.29) is 16.2 Å². The number of benzene rings is 2. The molecular formula is C21H26N2O4S. The molecule has 0 saturated carbocycles. The minimum atomic E-state index is -3.37. The summed E-state index contributed by atoms with van der Waals surface area (Å²) >= 11 is 0. The smallest absolute Gasteiger partial charge is 0.251 e. The molecule has 0 aliphatic rings. The van der Waals surface area contributed by atoms with E-state index in [1.54, 1.807) is 31.2 Å². The summed E-state index contributed by atoms with van der Waals surface area (Å²) in [5, 5.41) is 5.27. The van der Waals surface area contributed by atoms with Crippen LogP contribution in [-0.4, -0.2) is 32.5 Å². The molecular weight excluding hydrogens is 376 g/mol. The summed E-state index contributed by atoms with van der Waals surface area (Å²) in [4.78, 5) is 24.9. The van der Waals surface area contributed by atoms with E-state index in [0.29, 0.717) is 11.3 Å². The van der Waals surface area contributed by atoms with Crippen molar-refractivity contribution in [2.24, 2.45) is 0 Å². The van der Waals surface area contributed by atoms with Crippen LogP contribution in [0.2, 0.25) is 0 Å². The van der Waals surface area contributed by atoms with Crippen LogP contribution in [0.15, 0.2) is 53.4 Å². The topological polar surface area (TPSA) is 92.3 Å². The van der Waals surface area contributed by atoms with E-state index in [1.165, 1.54) is 12.1 Å². The van der Waals surface area contributed by atoms with Crippen LogP contribution in [0.5, 0.6) is 0 Å². The number of amides is 2. The molecule has 2 N–H and O–H groups in total. The van der Waals surface area contributed by atoms with Crippen molar-refractivity contribution in [1.82, 2.24) is 5.32 Å². The van der Waals surface area contributed by atoms with Crippen molar-refractivity contribution >= 4 is 27.3 Å². The third-order valence-electron chi connectivity index (χ3n) is 4.28. The molecule has 0 bridgehead atoms. The number of hydrogen-bond donors (Lipinski definition) is 2. The van der Waals surface area contributed by atoms with E-state index in [4.69, 9.17) is 0 Å². The SMILES string of the molecule is CC(NC(=O)c1ccc(C(C)(C)C)cc1)C(=O)Nc1cccc(S(C)(=O)=O)c1. The first-order chi connectivity index (χ1) is 12.9. The van der Waals surface area contributed by atoms with Gasteiger partial charge in [0.15, 0.2) is 9.84 Å². The Morgan fingerprint density at radius 2 is 1.61 bits per heavy atom. The first-order valence-electron chi connectivity index (χ1n) is 8.90. The van der Waals surface area contributed by atoms with Gasteiger partial charge in [0.2, 0.25) is 5.91 Å². The fourth-order valence-electron chi connectivity index (χ4n) is 2.52. The summed E-state index contributed by atoms with van der Waals surface area (Å²) in [5.74, 6) is -0.793. The Kier molecular flexibility index (Phi) is 6.29. The maximum absolute atomic E-state index is 12.4. The lowest BCUT2D eigenvalue weighted by atomic mass is 9.86. The standard InChI is InChI=1S/C21H26N2O4S/c1-14(19(24)23-17-7-6-8-18(13-17)28(5,26)27)22-20(25)15-9-11-16(12-10-15)21(2,3)4/h6-14H,1-5H3,(H,22,25)(H,23,24). The second kappa shape index (κ2) is 8.14. The van der Waals surface area contributed by atoms with Gasteiger partial charge in [-0.2, -0.15) is 0 Å². The Hall–Kier alpha value is -2.67. The molecule has 2 rings (SSSR count). The summed E-state index contributed by atoms with van der Waals surface area (Å²) in [7, 11) is -3.37. The third kappa shape index (κ3) is 5.66. The molecule has 1 unspecified atom stereocenters. The summed E-state index contributed by atoms with van der Waals surface area (Å²) in [6, 6.07) is 12.4. The van der Waals surface area contributed by atoms with Crippen LogP contribution in [0.3, 0.4) is 0 Å². The van der Waals surface area contributed by atoms with Crippen molar-refractivity contribution in [1.29, 1.82) is 0 Å². The summed E-state index contributed by atoms with van der Waals surface area (Å²) < 4.78 is 23.2. The van der Waals surface area contributed by atoms with E-state index in [9.17, 15) is 18.0 Å². The lowest BCUT2D eigenvalue weighted by Crippen LogP contribution is -2.41. The molecule has 0 aliphatic carbocycles. The largest absolute Gasteiger partial charge is 0.341 e. The van der Waals surface area contributed by atoms with Crippen LogP contribution >= 0.6 is 0 Å². The van der Waals surface area contributed by atoms with Crippen LogP contribution in [-0.2, 0) is 20.0 Å². The normalized spacial score (nSPS) is 12.9. The Balaban J connectivity index is 2.03. The Labute approximate surface area is 166 Å². The zero-order chi connectivity index (χ0) is 21.1.